The number of methoxy groups -OCH3 is 1. The lowest BCUT2D eigenvalue weighted by molar-refractivity contribution is -0.141. The Morgan fingerprint density at radius 3 is 2.57 bits per heavy atom. The van der Waals surface area contributed by atoms with Gasteiger partial charge >= 0.3 is 6.18 Å². The van der Waals surface area contributed by atoms with E-state index in [2.05, 4.69) is 15.4 Å². The number of carbonyl (C=O) groups excluding carboxylic acids is 1. The van der Waals surface area contributed by atoms with E-state index in [0.29, 0.717) is 0 Å². The van der Waals surface area contributed by atoms with E-state index in [1.54, 1.807) is 0 Å². The summed E-state index contributed by atoms with van der Waals surface area (Å²) in [4.78, 5) is 16.0. The molecule has 1 amide bonds. The molecular weight excluding hydrogens is 337 g/mol. The summed E-state index contributed by atoms with van der Waals surface area (Å²) < 4.78 is 44.2. The minimum Gasteiger partial charge on any atom is -0.480 e. The molecule has 2 aromatic rings. The zero-order valence-corrected chi connectivity index (χ0v) is 13.1. The van der Waals surface area contributed by atoms with E-state index in [1.807, 2.05) is 0 Å². The highest BCUT2D eigenvalue weighted by Crippen LogP contribution is 2.33. The van der Waals surface area contributed by atoms with Crippen molar-refractivity contribution in [3.05, 3.63) is 34.1 Å². The van der Waals surface area contributed by atoms with E-state index < -0.39 is 17.8 Å². The SMILES string of the molecule is COc1ncc(C(=O)Nc2c(C)c(C(F)(F)F)nn2C)cc1Cl. The predicted octanol–water partition coefficient (Wildman–Crippen LogP) is 3.06. The minimum absolute atomic E-state index is 0.0609. The van der Waals surface area contributed by atoms with Crippen LogP contribution in [0.5, 0.6) is 5.88 Å². The molecule has 23 heavy (non-hydrogen) atoms. The first kappa shape index (κ1) is 17.1. The first-order valence-electron chi connectivity index (χ1n) is 6.26. The molecule has 10 heteroatoms. The molecule has 0 spiro atoms. The van der Waals surface area contributed by atoms with E-state index >= 15 is 0 Å². The monoisotopic (exact) mass is 348 g/mol. The Hall–Kier alpha value is -2.29. The van der Waals surface area contributed by atoms with Crippen molar-refractivity contribution < 1.29 is 22.7 Å². The number of hydrogen-bond acceptors (Lipinski definition) is 4. The summed E-state index contributed by atoms with van der Waals surface area (Å²) >= 11 is 5.87. The van der Waals surface area contributed by atoms with Gasteiger partial charge in [-0.15, -0.1) is 0 Å². The molecule has 2 aromatic heterocycles. The van der Waals surface area contributed by atoms with Crippen molar-refractivity contribution in [3.63, 3.8) is 0 Å². The quantitative estimate of drug-likeness (QED) is 0.925. The number of anilines is 1. The Bertz CT molecular complexity index is 758. The normalized spacial score (nSPS) is 11.4. The second kappa shape index (κ2) is 6.07. The Labute approximate surface area is 134 Å². The Kier molecular flexibility index (Phi) is 4.51. The highest BCUT2D eigenvalue weighted by Gasteiger charge is 2.37. The van der Waals surface area contributed by atoms with Gasteiger partial charge in [0.1, 0.15) is 10.8 Å². The molecule has 0 radical (unpaired) electrons. The molecule has 6 nitrogen and oxygen atoms in total. The van der Waals surface area contributed by atoms with Crippen LogP contribution in [0.15, 0.2) is 12.3 Å². The Morgan fingerprint density at radius 1 is 1.43 bits per heavy atom. The van der Waals surface area contributed by atoms with Crippen LogP contribution in [0.3, 0.4) is 0 Å². The van der Waals surface area contributed by atoms with Gasteiger partial charge in [0.05, 0.1) is 12.7 Å². The first-order chi connectivity index (χ1) is 10.6. The van der Waals surface area contributed by atoms with Crippen LogP contribution in [0, 0.1) is 6.92 Å². The number of alkyl halides is 3. The number of nitrogens with zero attached hydrogens (tertiary/aromatic N) is 3. The minimum atomic E-state index is -4.60. The molecule has 0 fully saturated rings. The van der Waals surface area contributed by atoms with Gasteiger partial charge in [-0.05, 0) is 13.0 Å². The van der Waals surface area contributed by atoms with Crippen LogP contribution in [0.4, 0.5) is 19.0 Å². The van der Waals surface area contributed by atoms with Crippen LogP contribution in [0.25, 0.3) is 0 Å². The first-order valence-corrected chi connectivity index (χ1v) is 6.64. The van der Waals surface area contributed by atoms with Crippen molar-refractivity contribution >= 4 is 23.3 Å². The average molecular weight is 349 g/mol. The summed E-state index contributed by atoms with van der Waals surface area (Å²) in [7, 11) is 2.67. The fraction of sp³-hybridized carbons (Fsp3) is 0.308. The summed E-state index contributed by atoms with van der Waals surface area (Å²) in [5.41, 5.74) is -1.16. The van der Waals surface area contributed by atoms with Crippen molar-refractivity contribution in [3.8, 4) is 5.88 Å². The van der Waals surface area contributed by atoms with E-state index in [0.717, 1.165) is 4.68 Å². The van der Waals surface area contributed by atoms with E-state index in [4.69, 9.17) is 16.3 Å². The van der Waals surface area contributed by atoms with E-state index in [1.165, 1.54) is 33.3 Å². The number of hydrogen-bond donors (Lipinski definition) is 1. The second-order valence-electron chi connectivity index (χ2n) is 4.61. The summed E-state index contributed by atoms with van der Waals surface area (Å²) in [5, 5.41) is 5.87. The molecule has 2 heterocycles. The number of ether oxygens (including phenoxy) is 1. The number of amides is 1. The predicted molar refractivity (Wildman–Crippen MR) is 76.7 cm³/mol. The molecule has 0 unspecified atom stereocenters. The smallest absolute Gasteiger partial charge is 0.435 e. The average Bonchev–Trinajstić information content (AvgIpc) is 2.75. The molecule has 2 rings (SSSR count). The number of rotatable bonds is 3. The second-order valence-corrected chi connectivity index (χ2v) is 5.02. The van der Waals surface area contributed by atoms with Gasteiger partial charge in [0.2, 0.25) is 5.88 Å². The van der Waals surface area contributed by atoms with Crippen LogP contribution in [0.1, 0.15) is 21.6 Å². The van der Waals surface area contributed by atoms with E-state index in [9.17, 15) is 18.0 Å². The molecule has 0 aliphatic carbocycles. The maximum atomic E-state index is 12.8. The lowest BCUT2D eigenvalue weighted by atomic mass is 10.2. The fourth-order valence-electron chi connectivity index (χ4n) is 1.95. The lowest BCUT2D eigenvalue weighted by Gasteiger charge is -2.08. The van der Waals surface area contributed by atoms with Gasteiger partial charge in [-0.2, -0.15) is 18.3 Å². The summed E-state index contributed by atoms with van der Waals surface area (Å²) in [6.45, 7) is 1.23. The Morgan fingerprint density at radius 2 is 2.09 bits per heavy atom. The molecule has 0 atom stereocenters. The lowest BCUT2D eigenvalue weighted by Crippen LogP contribution is -2.15. The molecule has 0 saturated heterocycles. The number of halogens is 4. The van der Waals surface area contributed by atoms with Gasteiger partial charge in [0, 0.05) is 18.8 Å². The van der Waals surface area contributed by atoms with Crippen molar-refractivity contribution in [2.75, 3.05) is 12.4 Å². The third kappa shape index (κ3) is 3.39. The zero-order valence-electron chi connectivity index (χ0n) is 12.3. The van der Waals surface area contributed by atoms with Crippen LogP contribution in [-0.2, 0) is 13.2 Å². The summed E-state index contributed by atoms with van der Waals surface area (Å²) in [6.07, 6.45) is -3.40. The maximum absolute atomic E-state index is 12.8. The van der Waals surface area contributed by atoms with Crippen molar-refractivity contribution in [2.24, 2.45) is 7.05 Å². The van der Waals surface area contributed by atoms with Gasteiger partial charge in [-0.25, -0.2) is 4.98 Å². The molecule has 1 N–H and O–H groups in total. The van der Waals surface area contributed by atoms with Crippen molar-refractivity contribution in [1.82, 2.24) is 14.8 Å². The van der Waals surface area contributed by atoms with Gasteiger partial charge in [-0.3, -0.25) is 9.48 Å². The largest absolute Gasteiger partial charge is 0.480 e. The molecule has 0 aliphatic heterocycles. The topological polar surface area (TPSA) is 69.0 Å². The Balaban J connectivity index is 2.31. The summed E-state index contributed by atoms with van der Waals surface area (Å²) in [6, 6.07) is 1.30. The van der Waals surface area contributed by atoms with Gasteiger partial charge in [0.25, 0.3) is 5.91 Å². The third-order valence-corrected chi connectivity index (χ3v) is 3.32. The van der Waals surface area contributed by atoms with Crippen LogP contribution in [-0.4, -0.2) is 27.8 Å². The number of pyridine rings is 1. The van der Waals surface area contributed by atoms with Crippen molar-refractivity contribution in [1.29, 1.82) is 0 Å². The number of aromatic nitrogens is 3. The fourth-order valence-corrected chi connectivity index (χ4v) is 2.20. The zero-order chi connectivity index (χ0) is 17.4. The number of nitrogens with one attached hydrogen (secondary N) is 1. The van der Waals surface area contributed by atoms with Gasteiger partial charge < -0.3 is 10.1 Å². The maximum Gasteiger partial charge on any atom is 0.435 e. The molecule has 0 aliphatic rings. The highest BCUT2D eigenvalue weighted by molar-refractivity contribution is 6.32. The number of aryl methyl sites for hydroxylation is 1. The van der Waals surface area contributed by atoms with Crippen molar-refractivity contribution in [2.45, 2.75) is 13.1 Å². The highest BCUT2D eigenvalue weighted by atomic mass is 35.5. The molecule has 0 aromatic carbocycles. The van der Waals surface area contributed by atoms with Gasteiger partial charge in [0.15, 0.2) is 5.69 Å². The van der Waals surface area contributed by atoms with E-state index in [-0.39, 0.29) is 27.8 Å². The van der Waals surface area contributed by atoms with Crippen LogP contribution >= 0.6 is 11.6 Å². The van der Waals surface area contributed by atoms with Gasteiger partial charge in [-0.1, -0.05) is 11.6 Å². The van der Waals surface area contributed by atoms with Crippen LogP contribution in [0.2, 0.25) is 5.02 Å². The van der Waals surface area contributed by atoms with Crippen LogP contribution < -0.4 is 10.1 Å². The number of carbonyl (C=O) groups is 1. The molecule has 0 bridgehead atoms. The third-order valence-electron chi connectivity index (χ3n) is 3.05. The molecular formula is C13H12ClF3N4O2. The molecule has 0 saturated carbocycles. The summed E-state index contributed by atoms with van der Waals surface area (Å²) in [5.74, 6) is -0.588. The molecule has 124 valence electrons. The standard InChI is InChI=1S/C13H12ClF3N4O2/c1-6-9(13(15,16)17)20-21(2)10(6)19-11(22)7-4-8(14)12(23-3)18-5-7/h4-5H,1-3H3,(H,19,22).